The zero-order chi connectivity index (χ0) is 11.3. The second-order valence-corrected chi connectivity index (χ2v) is 4.10. The Morgan fingerprint density at radius 1 is 1.40 bits per heavy atom. The second kappa shape index (κ2) is 5.82. The van der Waals surface area contributed by atoms with E-state index in [1.807, 2.05) is 0 Å². The van der Waals surface area contributed by atoms with Crippen LogP contribution in [0.15, 0.2) is 4.42 Å². The SMILES string of the molecule is Cc1nnc(CNC(CO)CC(C)C)o1. The smallest absolute Gasteiger partial charge is 0.230 e. The van der Waals surface area contributed by atoms with E-state index in [1.165, 1.54) is 0 Å². The molecule has 0 aliphatic heterocycles. The molecular formula is C10H19N3O2. The van der Waals surface area contributed by atoms with Crippen LogP contribution in [0.25, 0.3) is 0 Å². The summed E-state index contributed by atoms with van der Waals surface area (Å²) in [7, 11) is 0. The van der Waals surface area contributed by atoms with E-state index in [1.54, 1.807) is 6.92 Å². The number of nitrogens with zero attached hydrogens (tertiary/aromatic N) is 2. The lowest BCUT2D eigenvalue weighted by Gasteiger charge is -2.16. The minimum atomic E-state index is 0.0946. The van der Waals surface area contributed by atoms with Crippen molar-refractivity contribution in [2.24, 2.45) is 5.92 Å². The normalized spacial score (nSPS) is 13.4. The fourth-order valence-electron chi connectivity index (χ4n) is 1.43. The van der Waals surface area contributed by atoms with E-state index in [0.717, 1.165) is 6.42 Å². The van der Waals surface area contributed by atoms with Crippen molar-refractivity contribution in [1.29, 1.82) is 0 Å². The minimum absolute atomic E-state index is 0.0946. The molecule has 0 amide bonds. The molecule has 0 aliphatic rings. The molecule has 0 saturated heterocycles. The molecule has 0 aromatic carbocycles. The standard InChI is InChI=1S/C10H19N3O2/c1-7(2)4-9(6-14)11-5-10-13-12-8(3)15-10/h7,9,11,14H,4-6H2,1-3H3. The quantitative estimate of drug-likeness (QED) is 0.733. The molecule has 1 aromatic heterocycles. The van der Waals surface area contributed by atoms with Gasteiger partial charge in [-0.3, -0.25) is 0 Å². The molecule has 15 heavy (non-hydrogen) atoms. The molecule has 0 bridgehead atoms. The van der Waals surface area contributed by atoms with Crippen molar-refractivity contribution in [1.82, 2.24) is 15.5 Å². The summed E-state index contributed by atoms with van der Waals surface area (Å²) in [6.45, 7) is 6.65. The highest BCUT2D eigenvalue weighted by molar-refractivity contribution is 4.79. The predicted molar refractivity (Wildman–Crippen MR) is 56.2 cm³/mol. The van der Waals surface area contributed by atoms with Crippen LogP contribution in [0.5, 0.6) is 0 Å². The van der Waals surface area contributed by atoms with Gasteiger partial charge in [-0.25, -0.2) is 0 Å². The first-order chi connectivity index (χ1) is 7.11. The van der Waals surface area contributed by atoms with Crippen molar-refractivity contribution in [3.8, 4) is 0 Å². The van der Waals surface area contributed by atoms with Crippen molar-refractivity contribution in [3.05, 3.63) is 11.8 Å². The highest BCUT2D eigenvalue weighted by atomic mass is 16.4. The fourth-order valence-corrected chi connectivity index (χ4v) is 1.43. The van der Waals surface area contributed by atoms with E-state index < -0.39 is 0 Å². The van der Waals surface area contributed by atoms with Gasteiger partial charge in [-0.1, -0.05) is 13.8 Å². The molecule has 0 fully saturated rings. The molecule has 0 aliphatic carbocycles. The molecule has 5 heteroatoms. The summed E-state index contributed by atoms with van der Waals surface area (Å²) >= 11 is 0. The van der Waals surface area contributed by atoms with Gasteiger partial charge < -0.3 is 14.8 Å². The number of nitrogens with one attached hydrogen (secondary N) is 1. The van der Waals surface area contributed by atoms with Crippen LogP contribution in [0.3, 0.4) is 0 Å². The maximum absolute atomic E-state index is 9.13. The Morgan fingerprint density at radius 3 is 2.60 bits per heavy atom. The van der Waals surface area contributed by atoms with Crippen LogP contribution in [0.2, 0.25) is 0 Å². The molecular weight excluding hydrogens is 194 g/mol. The maximum Gasteiger partial charge on any atom is 0.230 e. The number of hydrogen-bond acceptors (Lipinski definition) is 5. The summed E-state index contributed by atoms with van der Waals surface area (Å²) in [4.78, 5) is 0. The van der Waals surface area contributed by atoms with Gasteiger partial charge in [-0.05, 0) is 12.3 Å². The monoisotopic (exact) mass is 213 g/mol. The van der Waals surface area contributed by atoms with E-state index in [4.69, 9.17) is 9.52 Å². The summed E-state index contributed by atoms with van der Waals surface area (Å²) in [5.41, 5.74) is 0. The van der Waals surface area contributed by atoms with Crippen LogP contribution in [0.4, 0.5) is 0 Å². The second-order valence-electron chi connectivity index (χ2n) is 4.10. The largest absolute Gasteiger partial charge is 0.424 e. The summed E-state index contributed by atoms with van der Waals surface area (Å²) in [6, 6.07) is 0.0946. The Morgan fingerprint density at radius 2 is 2.13 bits per heavy atom. The van der Waals surface area contributed by atoms with Gasteiger partial charge in [0.05, 0.1) is 13.2 Å². The molecule has 1 unspecified atom stereocenters. The summed E-state index contributed by atoms with van der Waals surface area (Å²) in [6.07, 6.45) is 0.934. The third-order valence-electron chi connectivity index (χ3n) is 2.09. The van der Waals surface area contributed by atoms with Gasteiger partial charge >= 0.3 is 0 Å². The van der Waals surface area contributed by atoms with E-state index in [9.17, 15) is 0 Å². The first-order valence-electron chi connectivity index (χ1n) is 5.25. The first-order valence-corrected chi connectivity index (χ1v) is 5.25. The van der Waals surface area contributed by atoms with Crippen molar-refractivity contribution >= 4 is 0 Å². The molecule has 1 rings (SSSR count). The Balaban J connectivity index is 2.34. The highest BCUT2D eigenvalue weighted by Gasteiger charge is 2.10. The van der Waals surface area contributed by atoms with E-state index in [-0.39, 0.29) is 12.6 Å². The Kier molecular flexibility index (Phi) is 4.71. The lowest BCUT2D eigenvalue weighted by molar-refractivity contribution is 0.220. The number of aromatic nitrogens is 2. The Bertz CT molecular complexity index is 286. The first kappa shape index (κ1) is 12.1. The minimum Gasteiger partial charge on any atom is -0.424 e. The van der Waals surface area contributed by atoms with Crippen molar-refractivity contribution < 1.29 is 9.52 Å². The van der Waals surface area contributed by atoms with Crippen molar-refractivity contribution in [3.63, 3.8) is 0 Å². The molecule has 1 heterocycles. The van der Waals surface area contributed by atoms with Crippen LogP contribution in [0, 0.1) is 12.8 Å². The summed E-state index contributed by atoms with van der Waals surface area (Å²) < 4.78 is 5.22. The number of aliphatic hydroxyl groups is 1. The molecule has 1 atom stereocenters. The fraction of sp³-hybridized carbons (Fsp3) is 0.800. The van der Waals surface area contributed by atoms with Gasteiger partial charge in [0, 0.05) is 13.0 Å². The third kappa shape index (κ3) is 4.40. The number of aryl methyl sites for hydroxylation is 1. The van der Waals surface area contributed by atoms with Crippen LogP contribution < -0.4 is 5.32 Å². The topological polar surface area (TPSA) is 71.2 Å². The summed E-state index contributed by atoms with van der Waals surface area (Å²) in [5, 5.41) is 19.9. The van der Waals surface area contributed by atoms with E-state index >= 15 is 0 Å². The van der Waals surface area contributed by atoms with Gasteiger partial charge in [0.2, 0.25) is 11.8 Å². The maximum atomic E-state index is 9.13. The Labute approximate surface area is 89.9 Å². The zero-order valence-electron chi connectivity index (χ0n) is 9.53. The third-order valence-corrected chi connectivity index (χ3v) is 2.09. The average molecular weight is 213 g/mol. The molecule has 86 valence electrons. The highest BCUT2D eigenvalue weighted by Crippen LogP contribution is 2.05. The zero-order valence-corrected chi connectivity index (χ0v) is 9.53. The van der Waals surface area contributed by atoms with Crippen molar-refractivity contribution in [2.45, 2.75) is 39.8 Å². The molecule has 5 nitrogen and oxygen atoms in total. The van der Waals surface area contributed by atoms with Crippen LogP contribution >= 0.6 is 0 Å². The van der Waals surface area contributed by atoms with Crippen LogP contribution in [-0.2, 0) is 6.54 Å². The number of aliphatic hydroxyl groups excluding tert-OH is 1. The lowest BCUT2D eigenvalue weighted by Crippen LogP contribution is -2.33. The molecule has 2 N–H and O–H groups in total. The van der Waals surface area contributed by atoms with Gasteiger partial charge in [0.1, 0.15) is 0 Å². The molecule has 1 aromatic rings. The van der Waals surface area contributed by atoms with E-state index in [0.29, 0.717) is 24.2 Å². The van der Waals surface area contributed by atoms with E-state index in [2.05, 4.69) is 29.4 Å². The van der Waals surface area contributed by atoms with Gasteiger partial charge in [-0.2, -0.15) is 0 Å². The lowest BCUT2D eigenvalue weighted by atomic mass is 10.0. The van der Waals surface area contributed by atoms with Crippen LogP contribution in [-0.4, -0.2) is 28.0 Å². The van der Waals surface area contributed by atoms with Gasteiger partial charge in [0.15, 0.2) is 0 Å². The van der Waals surface area contributed by atoms with Crippen LogP contribution in [0.1, 0.15) is 32.0 Å². The van der Waals surface area contributed by atoms with Gasteiger partial charge in [-0.15, -0.1) is 10.2 Å². The number of rotatable bonds is 6. The summed E-state index contributed by atoms with van der Waals surface area (Å²) in [5.74, 6) is 1.69. The number of hydrogen-bond donors (Lipinski definition) is 2. The Hall–Kier alpha value is -0.940. The predicted octanol–water partition coefficient (Wildman–Crippen LogP) is 0.875. The molecule has 0 radical (unpaired) electrons. The molecule has 0 spiro atoms. The van der Waals surface area contributed by atoms with Gasteiger partial charge in [0.25, 0.3) is 0 Å². The average Bonchev–Trinajstić information content (AvgIpc) is 2.58. The van der Waals surface area contributed by atoms with Crippen molar-refractivity contribution in [2.75, 3.05) is 6.61 Å². The molecule has 0 saturated carbocycles.